The van der Waals surface area contributed by atoms with Gasteiger partial charge >= 0.3 is 6.03 Å². The summed E-state index contributed by atoms with van der Waals surface area (Å²) in [6, 6.07) is -0.756. The number of carbonyl (C=O) groups is 2. The molecule has 0 aromatic carbocycles. The lowest BCUT2D eigenvalue weighted by Crippen LogP contribution is -2.54. The molecule has 9 nitrogen and oxygen atoms in total. The van der Waals surface area contributed by atoms with E-state index in [4.69, 9.17) is 22.3 Å². The Kier molecular flexibility index (Phi) is 6.00. The molecule has 2 amide bonds. The van der Waals surface area contributed by atoms with Gasteiger partial charge in [0.1, 0.15) is 11.0 Å². The number of ketones is 1. The van der Waals surface area contributed by atoms with E-state index >= 15 is 0 Å². The summed E-state index contributed by atoms with van der Waals surface area (Å²) in [5, 5.41) is 2.05. The Labute approximate surface area is 139 Å². The van der Waals surface area contributed by atoms with Crippen LogP contribution in [0.25, 0.3) is 0 Å². The first kappa shape index (κ1) is 19.2. The molecule has 0 unspecified atom stereocenters. The van der Waals surface area contributed by atoms with E-state index in [9.17, 15) is 9.59 Å². The van der Waals surface area contributed by atoms with Crippen molar-refractivity contribution in [1.29, 1.82) is 0 Å². The van der Waals surface area contributed by atoms with Crippen LogP contribution < -0.4 is 16.3 Å². The van der Waals surface area contributed by atoms with Crippen molar-refractivity contribution in [1.82, 2.24) is 20.6 Å². The number of hydroxylamine groups is 1. The maximum absolute atomic E-state index is 12.2. The van der Waals surface area contributed by atoms with E-state index in [1.165, 1.54) is 14.0 Å². The fourth-order valence-corrected chi connectivity index (χ4v) is 2.18. The van der Waals surface area contributed by atoms with Crippen LogP contribution in [-0.4, -0.2) is 39.6 Å². The van der Waals surface area contributed by atoms with Gasteiger partial charge in [-0.2, -0.15) is 5.01 Å². The molecule has 128 valence electrons. The summed E-state index contributed by atoms with van der Waals surface area (Å²) in [6.45, 7) is 8.28. The molecule has 1 aromatic heterocycles. The minimum absolute atomic E-state index is 0.00905. The van der Waals surface area contributed by atoms with Crippen molar-refractivity contribution in [3.8, 4) is 0 Å². The summed E-state index contributed by atoms with van der Waals surface area (Å²) in [5.74, 6) is 5.09. The number of rotatable bonds is 4. The number of amides is 2. The third kappa shape index (κ3) is 4.83. The van der Waals surface area contributed by atoms with Crippen molar-refractivity contribution >= 4 is 29.2 Å². The summed E-state index contributed by atoms with van der Waals surface area (Å²) in [6.07, 6.45) is 0. The number of carbonyl (C=O) groups excluding carboxylic acids is 2. The van der Waals surface area contributed by atoms with Gasteiger partial charge in [-0.3, -0.25) is 15.1 Å². The number of nitrogens with one attached hydrogen (secondary N) is 1. The average molecular weight is 345 g/mol. The Hall–Kier alpha value is -1.81. The van der Waals surface area contributed by atoms with E-state index in [-0.39, 0.29) is 22.4 Å². The van der Waals surface area contributed by atoms with Crippen molar-refractivity contribution < 1.29 is 14.4 Å². The lowest BCUT2D eigenvalue weighted by Gasteiger charge is -2.34. The standard InChI is InChI=1S/C13H21ClN6O3/c1-7(21)9-10(14)16-8(2)17-11(9)20(12(22)18-15)19(6)23-13(3,4)5/h15H2,1-6H3,(H,18,22). The highest BCUT2D eigenvalue weighted by atomic mass is 35.5. The van der Waals surface area contributed by atoms with E-state index in [0.717, 1.165) is 10.2 Å². The summed E-state index contributed by atoms with van der Waals surface area (Å²) in [4.78, 5) is 37.8. The molecule has 0 bridgehead atoms. The lowest BCUT2D eigenvalue weighted by molar-refractivity contribution is -0.214. The van der Waals surface area contributed by atoms with Crippen LogP contribution in [0.4, 0.5) is 10.6 Å². The van der Waals surface area contributed by atoms with Crippen molar-refractivity contribution in [3.63, 3.8) is 0 Å². The number of hydrogen-bond donors (Lipinski definition) is 2. The monoisotopic (exact) mass is 344 g/mol. The predicted molar refractivity (Wildman–Crippen MR) is 85.6 cm³/mol. The summed E-state index contributed by atoms with van der Waals surface area (Å²) >= 11 is 6.04. The normalized spacial score (nSPS) is 11.5. The van der Waals surface area contributed by atoms with Crippen LogP contribution in [0.2, 0.25) is 5.15 Å². The first-order valence-corrected chi connectivity index (χ1v) is 7.14. The molecule has 0 aliphatic rings. The van der Waals surface area contributed by atoms with Crippen LogP contribution in [0, 0.1) is 6.92 Å². The van der Waals surface area contributed by atoms with E-state index in [1.54, 1.807) is 27.7 Å². The maximum atomic E-state index is 12.2. The van der Waals surface area contributed by atoms with Crippen LogP contribution in [0.5, 0.6) is 0 Å². The molecule has 0 fully saturated rings. The summed E-state index contributed by atoms with van der Waals surface area (Å²) in [5.41, 5.74) is 1.37. The Morgan fingerprint density at radius 1 is 1.30 bits per heavy atom. The molecular weight excluding hydrogens is 324 g/mol. The number of urea groups is 1. The lowest BCUT2D eigenvalue weighted by atomic mass is 10.2. The van der Waals surface area contributed by atoms with Gasteiger partial charge in [-0.15, -0.1) is 0 Å². The minimum Gasteiger partial charge on any atom is -0.294 e. The van der Waals surface area contributed by atoms with E-state index in [1.807, 2.05) is 5.43 Å². The van der Waals surface area contributed by atoms with E-state index in [2.05, 4.69) is 9.97 Å². The molecule has 3 N–H and O–H groups in total. The number of hydrogen-bond acceptors (Lipinski definition) is 7. The number of nitrogens with zero attached hydrogens (tertiary/aromatic N) is 4. The Morgan fingerprint density at radius 3 is 2.30 bits per heavy atom. The average Bonchev–Trinajstić information content (AvgIpc) is 2.34. The third-order valence-corrected chi connectivity index (χ3v) is 2.79. The molecule has 1 rings (SSSR count). The molecule has 0 aliphatic carbocycles. The van der Waals surface area contributed by atoms with Gasteiger partial charge in [-0.1, -0.05) is 16.8 Å². The van der Waals surface area contributed by atoms with Gasteiger partial charge < -0.3 is 0 Å². The van der Waals surface area contributed by atoms with Gasteiger partial charge in [0.05, 0.1) is 11.2 Å². The molecule has 23 heavy (non-hydrogen) atoms. The second-order valence-corrected chi connectivity index (χ2v) is 6.10. The van der Waals surface area contributed by atoms with Crippen LogP contribution in [0.15, 0.2) is 0 Å². The van der Waals surface area contributed by atoms with Crippen molar-refractivity contribution in [2.75, 3.05) is 12.1 Å². The van der Waals surface area contributed by atoms with Crippen LogP contribution in [0.1, 0.15) is 43.9 Å². The third-order valence-electron chi connectivity index (χ3n) is 2.51. The fraction of sp³-hybridized carbons (Fsp3) is 0.538. The number of halogens is 1. The van der Waals surface area contributed by atoms with Gasteiger partial charge in [0.15, 0.2) is 11.6 Å². The van der Waals surface area contributed by atoms with Crippen molar-refractivity contribution in [3.05, 3.63) is 16.5 Å². The van der Waals surface area contributed by atoms with Gasteiger partial charge in [-0.05, 0) is 34.6 Å². The number of aromatic nitrogens is 2. The van der Waals surface area contributed by atoms with Gasteiger partial charge in [0, 0.05) is 7.05 Å². The molecule has 0 saturated carbocycles. The quantitative estimate of drug-likeness (QED) is 0.280. The van der Waals surface area contributed by atoms with Crippen molar-refractivity contribution in [2.24, 2.45) is 5.84 Å². The molecule has 0 radical (unpaired) electrons. The molecular formula is C13H21ClN6O3. The highest BCUT2D eigenvalue weighted by molar-refractivity contribution is 6.33. The fourth-order valence-electron chi connectivity index (χ4n) is 1.84. The van der Waals surface area contributed by atoms with E-state index < -0.39 is 17.4 Å². The first-order valence-electron chi connectivity index (χ1n) is 6.76. The largest absolute Gasteiger partial charge is 0.354 e. The molecule has 1 heterocycles. The second-order valence-electron chi connectivity index (χ2n) is 5.75. The SMILES string of the molecule is CC(=O)c1c(Cl)nc(C)nc1N(C(=O)NN)N(C)OC(C)(C)C. The Morgan fingerprint density at radius 2 is 1.87 bits per heavy atom. The van der Waals surface area contributed by atoms with Gasteiger partial charge in [0.2, 0.25) is 0 Å². The van der Waals surface area contributed by atoms with Gasteiger partial charge in [-0.25, -0.2) is 20.6 Å². The summed E-state index contributed by atoms with van der Waals surface area (Å²) in [7, 11) is 1.48. The number of aryl methyl sites for hydroxylation is 1. The predicted octanol–water partition coefficient (Wildman–Crippen LogP) is 1.61. The highest BCUT2D eigenvalue weighted by Crippen LogP contribution is 2.27. The highest BCUT2D eigenvalue weighted by Gasteiger charge is 2.31. The molecule has 0 saturated heterocycles. The first-order chi connectivity index (χ1) is 10.5. The molecule has 10 heteroatoms. The molecule has 0 spiro atoms. The molecule has 0 atom stereocenters. The van der Waals surface area contributed by atoms with Gasteiger partial charge in [0.25, 0.3) is 0 Å². The number of Topliss-reactive ketones (excluding diaryl/α,β-unsaturated/α-hetero) is 1. The zero-order valence-electron chi connectivity index (χ0n) is 14.0. The van der Waals surface area contributed by atoms with Crippen molar-refractivity contribution in [2.45, 2.75) is 40.2 Å². The minimum atomic E-state index is -0.756. The number of anilines is 1. The molecule has 0 aliphatic heterocycles. The topological polar surface area (TPSA) is 114 Å². The number of hydrazine groups is 2. The number of nitrogens with two attached hydrogens (primary N) is 1. The smallest absolute Gasteiger partial charge is 0.294 e. The van der Waals surface area contributed by atoms with Crippen LogP contribution in [-0.2, 0) is 4.84 Å². The Bertz CT molecular complexity index is 616. The molecule has 1 aromatic rings. The zero-order valence-corrected chi connectivity index (χ0v) is 14.7. The summed E-state index contributed by atoms with van der Waals surface area (Å²) < 4.78 is 0. The second kappa shape index (κ2) is 7.18. The Balaban J connectivity index is 3.50. The van der Waals surface area contributed by atoms with E-state index in [0.29, 0.717) is 0 Å². The van der Waals surface area contributed by atoms with Crippen LogP contribution in [0.3, 0.4) is 0 Å². The maximum Gasteiger partial charge on any atom is 0.354 e. The van der Waals surface area contributed by atoms with Crippen LogP contribution >= 0.6 is 11.6 Å². The zero-order chi connectivity index (χ0) is 17.9.